The van der Waals surface area contributed by atoms with E-state index in [1.807, 2.05) is 32.8 Å². The molecule has 1 aromatic carbocycles. The van der Waals surface area contributed by atoms with Gasteiger partial charge in [-0.1, -0.05) is 12.1 Å². The minimum atomic E-state index is -3.94. The molecule has 13 nitrogen and oxygen atoms in total. The Bertz CT molecular complexity index is 1430. The van der Waals surface area contributed by atoms with Crippen LogP contribution in [0.1, 0.15) is 74.7 Å². The Kier molecular flexibility index (Phi) is 14.2. The lowest BCUT2D eigenvalue weighted by Crippen LogP contribution is -2.48. The van der Waals surface area contributed by atoms with E-state index in [0.717, 1.165) is 19.4 Å². The molecule has 2 aromatic rings. The van der Waals surface area contributed by atoms with Crippen molar-refractivity contribution in [2.75, 3.05) is 59.3 Å². The average molecular weight is 680 g/mol. The highest BCUT2D eigenvalue weighted by Gasteiger charge is 2.34. The first-order valence-corrected chi connectivity index (χ1v) is 17.8. The van der Waals surface area contributed by atoms with Crippen molar-refractivity contribution in [3.05, 3.63) is 35.2 Å². The normalized spacial score (nSPS) is 20.9. The van der Waals surface area contributed by atoms with Gasteiger partial charge in [0.1, 0.15) is 16.3 Å². The number of nitrogens with one attached hydrogen (secondary N) is 1. The van der Waals surface area contributed by atoms with E-state index >= 15 is 0 Å². The number of carbonyl (C=O) groups excluding carboxylic acids is 2. The molecule has 1 aromatic heterocycles. The van der Waals surface area contributed by atoms with Gasteiger partial charge in [0.2, 0.25) is 15.9 Å². The first-order chi connectivity index (χ1) is 22.1. The van der Waals surface area contributed by atoms with Crippen molar-refractivity contribution < 1.29 is 37.1 Å². The maximum Gasteiger partial charge on any atom is 0.258 e. The molecule has 2 amide bonds. The zero-order valence-electron chi connectivity index (χ0n) is 29.1. The van der Waals surface area contributed by atoms with Crippen LogP contribution < -0.4 is 10.1 Å². The van der Waals surface area contributed by atoms with Crippen LogP contribution in [0.15, 0.2) is 27.6 Å². The molecule has 0 saturated carbocycles. The molecule has 4 atom stereocenters. The van der Waals surface area contributed by atoms with Gasteiger partial charge in [0, 0.05) is 44.8 Å². The third-order valence-corrected chi connectivity index (χ3v) is 10.5. The molecule has 0 unspecified atom stereocenters. The Labute approximate surface area is 279 Å². The van der Waals surface area contributed by atoms with Crippen molar-refractivity contribution in [3.63, 3.8) is 0 Å². The summed E-state index contributed by atoms with van der Waals surface area (Å²) in [6, 6.07) is 4.49. The molecule has 0 saturated heterocycles. The summed E-state index contributed by atoms with van der Waals surface area (Å²) >= 11 is 0. The SMILES string of the molecule is Cc1noc(C)c1S(=O)(=O)N(C)C[C@H]1OCCCC[C@H](C)Oc2ccc(NC(=O)CCCN(C)C)cc2C(=O)N([C@H](C)CO)C[C@@H]1C. The second-order valence-electron chi connectivity index (χ2n) is 12.9. The van der Waals surface area contributed by atoms with Gasteiger partial charge in [0.15, 0.2) is 5.76 Å². The summed E-state index contributed by atoms with van der Waals surface area (Å²) < 4.78 is 46.0. The van der Waals surface area contributed by atoms with Gasteiger partial charge in [0.25, 0.3) is 5.91 Å². The van der Waals surface area contributed by atoms with Crippen LogP contribution in [0.4, 0.5) is 5.69 Å². The van der Waals surface area contributed by atoms with Crippen molar-refractivity contribution in [1.29, 1.82) is 0 Å². The van der Waals surface area contributed by atoms with Crippen LogP contribution in [-0.4, -0.2) is 117 Å². The van der Waals surface area contributed by atoms with Crippen molar-refractivity contribution in [3.8, 4) is 5.75 Å². The maximum absolute atomic E-state index is 14.3. The first-order valence-electron chi connectivity index (χ1n) is 16.3. The molecule has 14 heteroatoms. The van der Waals surface area contributed by atoms with E-state index < -0.39 is 22.2 Å². The zero-order valence-corrected chi connectivity index (χ0v) is 29.9. The number of hydrogen-bond donors (Lipinski definition) is 2. The molecule has 2 N–H and O–H groups in total. The van der Waals surface area contributed by atoms with Crippen molar-refractivity contribution in [2.45, 2.75) is 89.9 Å². The van der Waals surface area contributed by atoms with Gasteiger partial charge in [-0.2, -0.15) is 4.31 Å². The summed E-state index contributed by atoms with van der Waals surface area (Å²) in [5, 5.41) is 16.9. The fourth-order valence-electron chi connectivity index (χ4n) is 5.59. The highest BCUT2D eigenvalue weighted by molar-refractivity contribution is 7.89. The van der Waals surface area contributed by atoms with E-state index in [9.17, 15) is 23.1 Å². The molecule has 264 valence electrons. The Morgan fingerprint density at radius 3 is 2.55 bits per heavy atom. The number of ether oxygens (including phenoxy) is 2. The summed E-state index contributed by atoms with van der Waals surface area (Å²) in [6.45, 7) is 9.82. The zero-order chi connectivity index (χ0) is 34.9. The molecule has 0 fully saturated rings. The van der Waals surface area contributed by atoms with Gasteiger partial charge >= 0.3 is 0 Å². The lowest BCUT2D eigenvalue weighted by atomic mass is 10.0. The predicted molar refractivity (Wildman–Crippen MR) is 179 cm³/mol. The largest absolute Gasteiger partial charge is 0.490 e. The molecular weight excluding hydrogens is 626 g/mol. The topological polar surface area (TPSA) is 155 Å². The molecule has 0 aliphatic carbocycles. The van der Waals surface area contributed by atoms with Crippen LogP contribution in [-0.2, 0) is 19.6 Å². The number of nitrogens with zero attached hydrogens (tertiary/aromatic N) is 4. The van der Waals surface area contributed by atoms with Crippen LogP contribution in [0.2, 0.25) is 0 Å². The molecule has 1 aliphatic heterocycles. The number of aliphatic hydroxyl groups excluding tert-OH is 1. The maximum atomic E-state index is 14.3. The number of amides is 2. The summed E-state index contributed by atoms with van der Waals surface area (Å²) in [6.07, 6.45) is 2.50. The van der Waals surface area contributed by atoms with Gasteiger partial charge < -0.3 is 34.2 Å². The molecule has 1 aliphatic rings. The highest BCUT2D eigenvalue weighted by atomic mass is 32.2. The monoisotopic (exact) mass is 679 g/mol. The minimum Gasteiger partial charge on any atom is -0.490 e. The fraction of sp³-hybridized carbons (Fsp3) is 0.667. The number of anilines is 1. The third kappa shape index (κ3) is 10.5. The van der Waals surface area contributed by atoms with Crippen molar-refractivity contribution >= 4 is 27.5 Å². The number of carbonyl (C=O) groups is 2. The summed E-state index contributed by atoms with van der Waals surface area (Å²) in [5.41, 5.74) is 1.02. The molecule has 0 spiro atoms. The van der Waals surface area contributed by atoms with E-state index in [1.54, 1.807) is 43.9 Å². The number of benzene rings is 1. The summed E-state index contributed by atoms with van der Waals surface area (Å²) in [4.78, 5) is 30.6. The predicted octanol–water partition coefficient (Wildman–Crippen LogP) is 3.69. The number of likely N-dealkylation sites (N-methyl/N-ethyl adjacent to an activating group) is 1. The van der Waals surface area contributed by atoms with E-state index in [4.69, 9.17) is 14.0 Å². The van der Waals surface area contributed by atoms with Crippen molar-refractivity contribution in [1.82, 2.24) is 19.3 Å². The average Bonchev–Trinajstić information content (AvgIpc) is 3.36. The highest BCUT2D eigenvalue weighted by Crippen LogP contribution is 2.29. The quantitative estimate of drug-likeness (QED) is 0.359. The van der Waals surface area contributed by atoms with Gasteiger partial charge in [-0.25, -0.2) is 8.42 Å². The van der Waals surface area contributed by atoms with Gasteiger partial charge in [-0.15, -0.1) is 0 Å². The number of aromatic nitrogens is 1. The van der Waals surface area contributed by atoms with Gasteiger partial charge in [-0.3, -0.25) is 9.59 Å². The van der Waals surface area contributed by atoms with Gasteiger partial charge in [-0.05, 0) is 92.2 Å². The van der Waals surface area contributed by atoms with Crippen LogP contribution >= 0.6 is 0 Å². The number of aryl methyl sites for hydroxylation is 2. The number of rotatable bonds is 11. The fourth-order valence-corrected chi connectivity index (χ4v) is 7.06. The number of aliphatic hydroxyl groups is 1. The van der Waals surface area contributed by atoms with E-state index in [-0.39, 0.29) is 65.4 Å². The van der Waals surface area contributed by atoms with Gasteiger partial charge in [0.05, 0.1) is 30.4 Å². The first kappa shape index (κ1) is 38.4. The van der Waals surface area contributed by atoms with E-state index in [0.29, 0.717) is 37.3 Å². The smallest absolute Gasteiger partial charge is 0.258 e. The molecule has 2 heterocycles. The van der Waals surface area contributed by atoms with Crippen molar-refractivity contribution in [2.24, 2.45) is 5.92 Å². The van der Waals surface area contributed by atoms with E-state index in [2.05, 4.69) is 10.5 Å². The van der Waals surface area contributed by atoms with E-state index in [1.165, 1.54) is 11.4 Å². The Balaban J connectivity index is 1.94. The number of fused-ring (bicyclic) bond motifs is 1. The summed E-state index contributed by atoms with van der Waals surface area (Å²) in [5.74, 6) is -0.259. The summed E-state index contributed by atoms with van der Waals surface area (Å²) in [7, 11) is 1.46. The van der Waals surface area contributed by atoms with Crippen LogP contribution in [0.3, 0.4) is 0 Å². The lowest BCUT2D eigenvalue weighted by molar-refractivity contribution is -0.116. The Morgan fingerprint density at radius 1 is 1.19 bits per heavy atom. The Morgan fingerprint density at radius 2 is 1.91 bits per heavy atom. The van der Waals surface area contributed by atoms with Crippen LogP contribution in [0.25, 0.3) is 0 Å². The second kappa shape index (κ2) is 17.4. The Hall–Kier alpha value is -3.04. The number of sulfonamides is 1. The molecule has 0 radical (unpaired) electrons. The molecule has 3 rings (SSSR count). The standard InChI is InChI=1S/C33H53N5O8S/c1-22-19-38(23(2)21-39)33(41)28-18-27(34-31(40)13-11-16-36(6)7)14-15-29(28)45-24(3)12-9-10-17-44-30(22)20-37(8)47(42,43)32-25(4)35-46-26(32)5/h14-15,18,22-24,30,39H,9-13,16-17,19-21H2,1-8H3,(H,34,40)/t22-,23+,24-,30+/m0/s1. The molecule has 0 bridgehead atoms. The van der Waals surface area contributed by atoms with Crippen LogP contribution in [0, 0.1) is 19.8 Å². The second-order valence-corrected chi connectivity index (χ2v) is 14.9. The lowest BCUT2D eigenvalue weighted by Gasteiger charge is -2.35. The van der Waals surface area contributed by atoms with Crippen LogP contribution in [0.5, 0.6) is 5.75 Å². The number of hydrogen-bond acceptors (Lipinski definition) is 10. The third-order valence-electron chi connectivity index (χ3n) is 8.42. The minimum absolute atomic E-state index is 0.0310. The molecular formula is C33H53N5O8S. The molecule has 47 heavy (non-hydrogen) atoms.